The van der Waals surface area contributed by atoms with E-state index in [4.69, 9.17) is 39.0 Å². The van der Waals surface area contributed by atoms with Gasteiger partial charge >= 0.3 is 12.2 Å². The second kappa shape index (κ2) is 14.8. The molecule has 15 nitrogen and oxygen atoms in total. The Morgan fingerprint density at radius 3 is 1.71 bits per heavy atom. The first kappa shape index (κ1) is 34.0. The number of ether oxygens (including phenoxy) is 4. The number of benzene rings is 2. The third-order valence-electron chi connectivity index (χ3n) is 5.31. The largest absolute Gasteiger partial charge is 0.473 e. The fourth-order valence-corrected chi connectivity index (χ4v) is 3.49. The summed E-state index contributed by atoms with van der Waals surface area (Å²) in [7, 11) is 0. The van der Waals surface area contributed by atoms with Gasteiger partial charge in [0.05, 0.1) is 35.5 Å². The van der Waals surface area contributed by atoms with Crippen molar-refractivity contribution in [2.45, 2.75) is 52.7 Å². The zero-order valence-electron chi connectivity index (χ0n) is 25.9. The lowest BCUT2D eigenvalue weighted by atomic mass is 10.1. The minimum Gasteiger partial charge on any atom is -0.473 e. The summed E-state index contributed by atoms with van der Waals surface area (Å²) in [4.78, 5) is 34.1. The van der Waals surface area contributed by atoms with E-state index in [0.29, 0.717) is 33.1 Å². The predicted octanol–water partition coefficient (Wildman–Crippen LogP) is 4.43. The number of carbonyl (C=O) groups excluding carboxylic acids is 3. The molecule has 0 saturated heterocycles. The van der Waals surface area contributed by atoms with Crippen LogP contribution in [-0.2, 0) is 9.47 Å². The molecule has 2 aromatic heterocycles. The standard InChI is InChI=1S/C15H19N3O5.C15H17N3O4/c1-15(2,3)22-14(20)17-6-7-21-13-10-8-9(12(16)19)4-5-11(10)23-18-13;1-15(2,3)21-14(19)17-6-7-20-13-11-8-10(9-16)4-5-12(11)22-18-13/h4-5,8H,6-7H2,1-3H3,(H2,16,19)(H,17,20);4-5,8H,6-7H2,1-3H3,(H,17,19). The monoisotopic (exact) mass is 624 g/mol. The molecule has 2 aromatic carbocycles. The molecule has 240 valence electrons. The topological polar surface area (TPSA) is 214 Å². The molecule has 0 aliphatic heterocycles. The van der Waals surface area contributed by atoms with Crippen LogP contribution in [0.25, 0.3) is 21.9 Å². The Bertz CT molecular complexity index is 1680. The van der Waals surface area contributed by atoms with Crippen LogP contribution >= 0.6 is 0 Å². The Labute approximate surface area is 258 Å². The first-order valence-corrected chi connectivity index (χ1v) is 13.8. The van der Waals surface area contributed by atoms with Crippen molar-refractivity contribution in [2.75, 3.05) is 26.3 Å². The van der Waals surface area contributed by atoms with Crippen LogP contribution in [0.4, 0.5) is 9.59 Å². The molecule has 0 atom stereocenters. The van der Waals surface area contributed by atoms with Gasteiger partial charge in [-0.15, -0.1) is 0 Å². The molecular weight excluding hydrogens is 588 g/mol. The van der Waals surface area contributed by atoms with E-state index in [1.807, 2.05) is 6.07 Å². The van der Waals surface area contributed by atoms with Crippen molar-refractivity contribution in [3.05, 3.63) is 47.5 Å². The summed E-state index contributed by atoms with van der Waals surface area (Å²) < 4.78 is 31.3. The molecule has 15 heteroatoms. The van der Waals surface area contributed by atoms with E-state index in [1.54, 1.807) is 77.9 Å². The number of rotatable bonds is 9. The van der Waals surface area contributed by atoms with Gasteiger partial charge in [-0.2, -0.15) is 5.26 Å². The van der Waals surface area contributed by atoms with Gasteiger partial charge in [0.15, 0.2) is 11.2 Å². The highest BCUT2D eigenvalue weighted by Gasteiger charge is 2.17. The lowest BCUT2D eigenvalue weighted by Crippen LogP contribution is -2.34. The van der Waals surface area contributed by atoms with Crippen LogP contribution in [0.15, 0.2) is 45.4 Å². The van der Waals surface area contributed by atoms with E-state index < -0.39 is 29.3 Å². The number of fused-ring (bicyclic) bond motifs is 2. The fourth-order valence-electron chi connectivity index (χ4n) is 3.49. The average molecular weight is 625 g/mol. The Hall–Kier alpha value is -5.52. The lowest BCUT2D eigenvalue weighted by molar-refractivity contribution is 0.0508. The molecule has 4 aromatic rings. The lowest BCUT2D eigenvalue weighted by Gasteiger charge is -2.19. The van der Waals surface area contributed by atoms with Crippen LogP contribution in [-0.4, -0.2) is 65.9 Å². The smallest absolute Gasteiger partial charge is 0.407 e. The van der Waals surface area contributed by atoms with Crippen molar-refractivity contribution in [1.29, 1.82) is 5.26 Å². The van der Waals surface area contributed by atoms with Crippen molar-refractivity contribution in [2.24, 2.45) is 5.73 Å². The van der Waals surface area contributed by atoms with Gasteiger partial charge in [-0.1, -0.05) is 0 Å². The van der Waals surface area contributed by atoms with E-state index in [1.165, 1.54) is 0 Å². The molecule has 0 bridgehead atoms. The van der Waals surface area contributed by atoms with E-state index in [-0.39, 0.29) is 38.1 Å². The molecule has 4 rings (SSSR count). The number of hydrogen-bond acceptors (Lipinski definition) is 12. The number of nitriles is 1. The summed E-state index contributed by atoms with van der Waals surface area (Å²) in [6.07, 6.45) is -1.03. The van der Waals surface area contributed by atoms with E-state index in [0.717, 1.165) is 0 Å². The number of hydrogen-bond donors (Lipinski definition) is 3. The van der Waals surface area contributed by atoms with E-state index >= 15 is 0 Å². The molecular formula is C30H36N6O9. The second-order valence-electron chi connectivity index (χ2n) is 11.4. The van der Waals surface area contributed by atoms with Crippen molar-refractivity contribution in [3.8, 4) is 17.8 Å². The van der Waals surface area contributed by atoms with Crippen molar-refractivity contribution < 1.29 is 42.4 Å². The molecule has 0 aliphatic rings. The van der Waals surface area contributed by atoms with Gasteiger partial charge in [-0.05, 0) is 88.3 Å². The minimum absolute atomic E-state index is 0.168. The van der Waals surface area contributed by atoms with Crippen molar-refractivity contribution in [1.82, 2.24) is 20.9 Å². The molecule has 0 unspecified atom stereocenters. The summed E-state index contributed by atoms with van der Waals surface area (Å²) >= 11 is 0. The molecule has 2 heterocycles. The van der Waals surface area contributed by atoms with Gasteiger partial charge in [-0.3, -0.25) is 4.79 Å². The highest BCUT2D eigenvalue weighted by atomic mass is 16.6. The van der Waals surface area contributed by atoms with Crippen LogP contribution < -0.4 is 25.8 Å². The highest BCUT2D eigenvalue weighted by molar-refractivity contribution is 5.97. The number of amides is 3. The summed E-state index contributed by atoms with van der Waals surface area (Å²) in [5.74, 6) is -0.0298. The number of aromatic nitrogens is 2. The van der Waals surface area contributed by atoms with Gasteiger partial charge in [0.25, 0.3) is 11.8 Å². The van der Waals surface area contributed by atoms with Crippen LogP contribution in [0.3, 0.4) is 0 Å². The Morgan fingerprint density at radius 2 is 1.27 bits per heavy atom. The zero-order valence-corrected chi connectivity index (χ0v) is 25.9. The maximum Gasteiger partial charge on any atom is 0.407 e. The third-order valence-corrected chi connectivity index (χ3v) is 5.31. The first-order valence-electron chi connectivity index (χ1n) is 13.8. The molecule has 3 amide bonds. The quantitative estimate of drug-likeness (QED) is 0.221. The number of nitrogens with zero attached hydrogens (tertiary/aromatic N) is 3. The molecule has 0 spiro atoms. The fraction of sp³-hybridized carbons (Fsp3) is 0.400. The molecule has 0 radical (unpaired) electrons. The zero-order chi connectivity index (χ0) is 33.2. The van der Waals surface area contributed by atoms with E-state index in [2.05, 4.69) is 20.9 Å². The van der Waals surface area contributed by atoms with Gasteiger partial charge in [-0.25, -0.2) is 9.59 Å². The maximum atomic E-state index is 11.5. The molecule has 0 saturated carbocycles. The number of carbonyl (C=O) groups is 3. The van der Waals surface area contributed by atoms with E-state index in [9.17, 15) is 14.4 Å². The normalized spacial score (nSPS) is 11.1. The minimum atomic E-state index is -0.557. The van der Waals surface area contributed by atoms with Gasteiger partial charge in [0, 0.05) is 5.56 Å². The van der Waals surface area contributed by atoms with Gasteiger partial charge in [0.2, 0.25) is 5.91 Å². The molecule has 0 aliphatic carbocycles. The summed E-state index contributed by atoms with van der Waals surface area (Å²) in [6, 6.07) is 11.7. The molecule has 45 heavy (non-hydrogen) atoms. The predicted molar refractivity (Wildman–Crippen MR) is 161 cm³/mol. The second-order valence-corrected chi connectivity index (χ2v) is 11.4. The summed E-state index contributed by atoms with van der Waals surface area (Å²) in [5, 5.41) is 22.8. The maximum absolute atomic E-state index is 11.5. The Balaban J connectivity index is 0.000000246. The first-order chi connectivity index (χ1) is 21.1. The average Bonchev–Trinajstić information content (AvgIpc) is 3.55. The summed E-state index contributed by atoms with van der Waals surface area (Å²) in [5.41, 5.74) is 5.98. The SMILES string of the molecule is CC(C)(C)OC(=O)NCCOc1noc2ccc(C#N)cc12.CC(C)(C)OC(=O)NCCOc1noc2ccc(C(N)=O)cc12. The number of nitrogens with one attached hydrogen (secondary N) is 2. The van der Waals surface area contributed by atoms with Crippen molar-refractivity contribution >= 4 is 40.0 Å². The highest BCUT2D eigenvalue weighted by Crippen LogP contribution is 2.26. The van der Waals surface area contributed by atoms with Crippen LogP contribution in [0.1, 0.15) is 57.5 Å². The number of primary amides is 1. The molecule has 4 N–H and O–H groups in total. The van der Waals surface area contributed by atoms with Crippen LogP contribution in [0, 0.1) is 11.3 Å². The summed E-state index contributed by atoms with van der Waals surface area (Å²) in [6.45, 7) is 11.6. The third kappa shape index (κ3) is 10.9. The Morgan fingerprint density at radius 1 is 0.800 bits per heavy atom. The van der Waals surface area contributed by atoms with Gasteiger partial charge in [0.1, 0.15) is 24.4 Å². The number of alkyl carbamates (subject to hydrolysis) is 2. The Kier molecular flexibility index (Phi) is 11.2. The number of nitrogens with two attached hydrogens (primary N) is 1. The van der Waals surface area contributed by atoms with Crippen LogP contribution in [0.5, 0.6) is 11.8 Å². The molecule has 0 fully saturated rings. The van der Waals surface area contributed by atoms with Crippen molar-refractivity contribution in [3.63, 3.8) is 0 Å². The van der Waals surface area contributed by atoms with Gasteiger partial charge < -0.3 is 44.4 Å². The van der Waals surface area contributed by atoms with Crippen LogP contribution in [0.2, 0.25) is 0 Å².